The molecule has 0 unspecified atom stereocenters. The Bertz CT molecular complexity index is 1330. The first-order valence-electron chi connectivity index (χ1n) is 18.3. The van der Waals surface area contributed by atoms with Crippen molar-refractivity contribution in [2.75, 3.05) is 20.3 Å². The Morgan fingerprint density at radius 2 is 1.72 bits per heavy atom. The predicted molar refractivity (Wildman–Crippen MR) is 171 cm³/mol. The van der Waals surface area contributed by atoms with Gasteiger partial charge in [0.1, 0.15) is 43.4 Å². The second-order valence-corrected chi connectivity index (χ2v) is 16.3. The highest BCUT2D eigenvalue weighted by atomic mass is 16.7. The maximum Gasteiger partial charge on any atom is 0.331 e. The van der Waals surface area contributed by atoms with Crippen LogP contribution in [0.3, 0.4) is 0 Å². The molecule has 4 aliphatic carbocycles. The minimum Gasteiger partial charge on any atom is -0.458 e. The quantitative estimate of drug-likeness (QED) is 0.113. The van der Waals surface area contributed by atoms with Gasteiger partial charge in [0.05, 0.1) is 41.5 Å². The average molecular weight is 711 g/mol. The van der Waals surface area contributed by atoms with E-state index in [1.807, 2.05) is 0 Å². The van der Waals surface area contributed by atoms with Crippen LogP contribution in [0.2, 0.25) is 0 Å². The monoisotopic (exact) mass is 710 g/mol. The Morgan fingerprint density at radius 1 is 0.960 bits per heavy atom. The average Bonchev–Trinajstić information content (AvgIpc) is 3.64. The van der Waals surface area contributed by atoms with Crippen molar-refractivity contribution in [2.24, 2.45) is 28.6 Å². The molecule has 2 saturated heterocycles. The number of fused-ring (bicyclic) bond motifs is 5. The molecule has 0 aromatic rings. The Hall–Kier alpha value is -1.56. The predicted octanol–water partition coefficient (Wildman–Crippen LogP) is 0.258. The van der Waals surface area contributed by atoms with Gasteiger partial charge in [0.25, 0.3) is 0 Å². The number of carbonyl (C=O) groups is 2. The molecule has 0 aromatic carbocycles. The molecule has 0 amide bonds. The molecule has 3 heterocycles. The lowest BCUT2D eigenvalue weighted by atomic mass is 9.41. The molecule has 3 aliphatic heterocycles. The van der Waals surface area contributed by atoms with Crippen LogP contribution in [0.15, 0.2) is 11.6 Å². The van der Waals surface area contributed by atoms with Crippen LogP contribution in [0.4, 0.5) is 0 Å². The summed E-state index contributed by atoms with van der Waals surface area (Å²) in [5.41, 5.74) is -2.86. The van der Waals surface area contributed by atoms with Crippen molar-refractivity contribution in [2.45, 2.75) is 151 Å². The molecule has 14 heteroatoms. The lowest BCUT2D eigenvalue weighted by Crippen LogP contribution is -2.69. The summed E-state index contributed by atoms with van der Waals surface area (Å²) in [5.74, 6) is -0.635. The fourth-order valence-electron chi connectivity index (χ4n) is 11.5. The minimum atomic E-state index is -1.58. The Balaban J connectivity index is 1.01. The van der Waals surface area contributed by atoms with Gasteiger partial charge in [0.15, 0.2) is 12.6 Å². The van der Waals surface area contributed by atoms with Crippen LogP contribution in [-0.2, 0) is 38.0 Å². The summed E-state index contributed by atoms with van der Waals surface area (Å²) in [7, 11) is 1.51. The van der Waals surface area contributed by atoms with Gasteiger partial charge in [-0.05, 0) is 81.6 Å². The zero-order valence-corrected chi connectivity index (χ0v) is 29.1. The summed E-state index contributed by atoms with van der Waals surface area (Å²) in [6, 6.07) is 0. The number of aldehydes is 1. The van der Waals surface area contributed by atoms with Gasteiger partial charge in [0.2, 0.25) is 0 Å². The second-order valence-electron chi connectivity index (χ2n) is 16.3. The van der Waals surface area contributed by atoms with E-state index in [0.717, 1.165) is 18.3 Å². The summed E-state index contributed by atoms with van der Waals surface area (Å²) in [5, 5.41) is 65.3. The molecule has 0 bridgehead atoms. The fraction of sp³-hybridized carbons (Fsp3) is 0.889. The maximum absolute atomic E-state index is 13.2. The molecular formula is C36H54O14. The Labute approximate surface area is 292 Å². The molecule has 0 spiro atoms. The lowest BCUT2D eigenvalue weighted by molar-refractivity contribution is -0.346. The first-order valence-corrected chi connectivity index (χ1v) is 18.3. The highest BCUT2D eigenvalue weighted by molar-refractivity contribution is 5.85. The zero-order chi connectivity index (χ0) is 35.8. The number of hydrogen-bond donors (Lipinski definition) is 6. The Morgan fingerprint density at radius 3 is 2.40 bits per heavy atom. The molecule has 6 N–H and O–H groups in total. The molecule has 282 valence electrons. The van der Waals surface area contributed by atoms with E-state index in [9.17, 15) is 40.2 Å². The molecule has 0 aromatic heterocycles. The number of cyclic esters (lactones) is 1. The molecular weight excluding hydrogens is 656 g/mol. The van der Waals surface area contributed by atoms with Crippen molar-refractivity contribution >= 4 is 12.3 Å². The second kappa shape index (κ2) is 13.4. The van der Waals surface area contributed by atoms with Crippen molar-refractivity contribution in [3.63, 3.8) is 0 Å². The van der Waals surface area contributed by atoms with Crippen LogP contribution in [0.1, 0.15) is 78.1 Å². The van der Waals surface area contributed by atoms with E-state index >= 15 is 0 Å². The topological polar surface area (TPSA) is 211 Å². The van der Waals surface area contributed by atoms with E-state index < -0.39 is 90.1 Å². The number of hydrogen-bond acceptors (Lipinski definition) is 14. The summed E-state index contributed by atoms with van der Waals surface area (Å²) >= 11 is 0. The van der Waals surface area contributed by atoms with Gasteiger partial charge in [-0.3, -0.25) is 0 Å². The van der Waals surface area contributed by atoms with Gasteiger partial charge in [0, 0.05) is 31.4 Å². The van der Waals surface area contributed by atoms with Crippen molar-refractivity contribution in [3.05, 3.63) is 11.6 Å². The van der Waals surface area contributed by atoms with Crippen LogP contribution in [0.5, 0.6) is 0 Å². The molecule has 6 fully saturated rings. The van der Waals surface area contributed by atoms with Gasteiger partial charge in [-0.2, -0.15) is 0 Å². The summed E-state index contributed by atoms with van der Waals surface area (Å²) in [6.45, 7) is 3.57. The highest BCUT2D eigenvalue weighted by Crippen LogP contribution is 2.70. The van der Waals surface area contributed by atoms with E-state index in [-0.39, 0.29) is 43.2 Å². The lowest BCUT2D eigenvalue weighted by Gasteiger charge is -2.65. The summed E-state index contributed by atoms with van der Waals surface area (Å²) in [6.07, 6.45) is -2.52. The summed E-state index contributed by atoms with van der Waals surface area (Å²) in [4.78, 5) is 25.1. The van der Waals surface area contributed by atoms with Gasteiger partial charge < -0.3 is 63.9 Å². The maximum atomic E-state index is 13.2. The number of carbonyl (C=O) groups excluding carboxylic acids is 2. The smallest absolute Gasteiger partial charge is 0.331 e. The van der Waals surface area contributed by atoms with Crippen LogP contribution in [0, 0.1) is 28.6 Å². The number of aliphatic hydroxyl groups is 6. The van der Waals surface area contributed by atoms with Crippen molar-refractivity contribution in [1.29, 1.82) is 0 Å². The van der Waals surface area contributed by atoms with Gasteiger partial charge >= 0.3 is 5.97 Å². The van der Waals surface area contributed by atoms with Crippen molar-refractivity contribution in [3.8, 4) is 0 Å². The molecule has 7 aliphatic rings. The number of rotatable bonds is 8. The SMILES string of the molecule is CO[C@@H]1C[C@H](O[C@H]2CC[C@]3(C=O)[C@@H]4CC[C@]5(C)[C@@H](C6=CC(=O)OC6)CC[C@]5(O)[C@@H]4CC[C@]3(O)C2)O[C@@H](C)[C@H]1O[C@@H]1O[C@H](CO)[C@@H](O)[C@H](O)[C@H]1O. The van der Waals surface area contributed by atoms with Gasteiger partial charge in [-0.15, -0.1) is 0 Å². The number of aliphatic hydroxyl groups excluding tert-OH is 4. The van der Waals surface area contributed by atoms with E-state index in [1.165, 1.54) is 7.11 Å². The molecule has 17 atom stereocenters. The van der Waals surface area contributed by atoms with E-state index in [1.54, 1.807) is 13.0 Å². The number of esters is 1. The fourth-order valence-corrected chi connectivity index (χ4v) is 11.5. The molecule has 7 rings (SSSR count). The first-order chi connectivity index (χ1) is 23.7. The third-order valence-corrected chi connectivity index (χ3v) is 14.2. The third-order valence-electron chi connectivity index (χ3n) is 14.2. The summed E-state index contributed by atoms with van der Waals surface area (Å²) < 4.78 is 35.2. The van der Waals surface area contributed by atoms with Crippen molar-refractivity contribution in [1.82, 2.24) is 0 Å². The van der Waals surface area contributed by atoms with E-state index in [2.05, 4.69) is 6.92 Å². The zero-order valence-electron chi connectivity index (χ0n) is 29.1. The molecule has 14 nitrogen and oxygen atoms in total. The molecule has 4 saturated carbocycles. The van der Waals surface area contributed by atoms with Crippen LogP contribution in [0.25, 0.3) is 0 Å². The number of ether oxygens (including phenoxy) is 6. The van der Waals surface area contributed by atoms with Crippen LogP contribution in [-0.4, -0.2) is 136 Å². The van der Waals surface area contributed by atoms with E-state index in [0.29, 0.717) is 44.9 Å². The van der Waals surface area contributed by atoms with Gasteiger partial charge in [-0.1, -0.05) is 6.92 Å². The third kappa shape index (κ3) is 5.55. The van der Waals surface area contributed by atoms with E-state index in [4.69, 9.17) is 28.4 Å². The normalized spacial score (nSPS) is 53.5. The number of methoxy groups -OCH3 is 1. The van der Waals surface area contributed by atoms with Crippen LogP contribution < -0.4 is 0 Å². The Kier molecular flexibility index (Phi) is 9.84. The largest absolute Gasteiger partial charge is 0.458 e. The standard InChI is InChI=1S/C36H54O14/c1-18-31(50-32-30(42)29(41)28(40)25(15-37)49-32)24(45-3)13-27(47-18)48-20-4-9-34(17-38)22-5-8-33(2)21(19-12-26(39)46-16-19)7-11-36(33,44)23(22)6-10-35(34,43)14-20/h12,17-18,20-25,27-32,37,40-44H,4-11,13-16H2,1-3H3/t18-,20-,21+,22+,23+,24+,25+,27-,28+,29-,30+,31+,32-,33+,34-,35-,36-/m0/s1. The van der Waals surface area contributed by atoms with Crippen molar-refractivity contribution < 1.29 is 68.6 Å². The molecule has 0 radical (unpaired) electrons. The minimum absolute atomic E-state index is 0.0352. The first kappa shape index (κ1) is 36.8. The molecule has 50 heavy (non-hydrogen) atoms. The van der Waals surface area contributed by atoms with Crippen LogP contribution >= 0.6 is 0 Å². The van der Waals surface area contributed by atoms with Gasteiger partial charge in [-0.25, -0.2) is 4.79 Å². The highest BCUT2D eigenvalue weighted by Gasteiger charge is 2.71.